The number of thiol groups is 1. The number of phosphoric acid groups is 2. The van der Waals surface area contributed by atoms with Crippen LogP contribution in [0.5, 0.6) is 0 Å². The highest BCUT2D eigenvalue weighted by Gasteiger charge is 2.47. The number of phosphoric ester groups is 2. The molecule has 2 aliphatic rings. The number of rotatable bonds is 9. The summed E-state index contributed by atoms with van der Waals surface area (Å²) in [5, 5.41) is 48.1. The molecular formula is C15H23N2O16P2S-. The first-order chi connectivity index (χ1) is 16.7. The molecule has 206 valence electrons. The van der Waals surface area contributed by atoms with Crippen LogP contribution in [0, 0.1) is 0 Å². The van der Waals surface area contributed by atoms with E-state index in [0.29, 0.717) is 0 Å². The lowest BCUT2D eigenvalue weighted by Gasteiger charge is -2.41. The van der Waals surface area contributed by atoms with Crippen LogP contribution in [0.3, 0.4) is 0 Å². The Morgan fingerprint density at radius 2 is 1.75 bits per heavy atom. The molecule has 1 aromatic rings. The maximum absolute atomic E-state index is 12.1. The van der Waals surface area contributed by atoms with E-state index in [1.165, 1.54) is 0 Å². The number of hydrogen-bond acceptors (Lipinski definition) is 16. The predicted octanol–water partition coefficient (Wildman–Crippen LogP) is -4.49. The third-order valence-electron chi connectivity index (χ3n) is 5.15. The zero-order valence-electron chi connectivity index (χ0n) is 17.8. The largest absolute Gasteiger partial charge is 0.756 e. The highest BCUT2D eigenvalue weighted by atomic mass is 32.1. The smallest absolute Gasteiger partial charge is 0.478 e. The third-order valence-corrected chi connectivity index (χ3v) is 8.35. The fourth-order valence-corrected chi connectivity index (χ4v) is 5.80. The van der Waals surface area contributed by atoms with Crippen molar-refractivity contribution in [3.8, 4) is 0 Å². The summed E-state index contributed by atoms with van der Waals surface area (Å²) in [6.45, 7) is -1.78. The summed E-state index contributed by atoms with van der Waals surface area (Å²) in [5.41, 5.74) is -1.74. The summed E-state index contributed by atoms with van der Waals surface area (Å²) >= 11 is 3.92. The van der Waals surface area contributed by atoms with Crippen molar-refractivity contribution >= 4 is 28.3 Å². The van der Waals surface area contributed by atoms with Crippen molar-refractivity contribution < 1.29 is 67.3 Å². The number of hydrogen-bond donors (Lipinski definition) is 8. The minimum atomic E-state index is -5.79. The van der Waals surface area contributed by atoms with Crippen LogP contribution in [0.15, 0.2) is 21.9 Å². The zero-order chi connectivity index (χ0) is 27.0. The quantitative estimate of drug-likeness (QED) is 0.101. The number of aliphatic hydroxyl groups is 5. The molecule has 0 amide bonds. The van der Waals surface area contributed by atoms with Gasteiger partial charge in [0, 0.05) is 12.3 Å². The molecule has 0 saturated carbocycles. The first kappa shape index (κ1) is 29.6. The van der Waals surface area contributed by atoms with Crippen LogP contribution < -0.4 is 16.1 Å². The first-order valence-corrected chi connectivity index (χ1v) is 13.4. The summed E-state index contributed by atoms with van der Waals surface area (Å²) in [6, 6.07) is 0.931. The fourth-order valence-electron chi connectivity index (χ4n) is 3.34. The van der Waals surface area contributed by atoms with Crippen LogP contribution in [0.1, 0.15) is 6.23 Å². The number of H-pyrrole nitrogens is 1. The lowest BCUT2D eigenvalue weighted by Crippen LogP contribution is -2.57. The molecule has 0 spiro atoms. The van der Waals surface area contributed by atoms with E-state index >= 15 is 0 Å². The van der Waals surface area contributed by atoms with E-state index in [-0.39, 0.29) is 0 Å². The van der Waals surface area contributed by atoms with Crippen molar-refractivity contribution in [2.45, 2.75) is 54.4 Å². The Hall–Kier alpha value is -0.990. The molecule has 11 atom stereocenters. The van der Waals surface area contributed by atoms with Gasteiger partial charge in [-0.3, -0.25) is 28.0 Å². The van der Waals surface area contributed by atoms with Crippen molar-refractivity contribution in [3.05, 3.63) is 33.1 Å². The second kappa shape index (κ2) is 11.4. The Labute approximate surface area is 206 Å². The van der Waals surface area contributed by atoms with Crippen molar-refractivity contribution in [1.82, 2.24) is 9.55 Å². The number of aliphatic hydroxyl groups excluding tert-OH is 5. The molecule has 1 aromatic heterocycles. The second-order valence-corrected chi connectivity index (χ2v) is 11.2. The lowest BCUT2D eigenvalue weighted by molar-refractivity contribution is -0.279. The Balaban J connectivity index is 1.61. The molecule has 0 radical (unpaired) electrons. The van der Waals surface area contributed by atoms with Crippen LogP contribution in [0.4, 0.5) is 0 Å². The molecule has 2 fully saturated rings. The SMILES string of the molecule is O=c1ccn(C2OC(COP(=O)(O)OP(=O)([O-])OC3OC(CO)C(S)C(O)C3O)C(O)C2O)c(=O)[nH]1. The second-order valence-electron chi connectivity index (χ2n) is 7.66. The van der Waals surface area contributed by atoms with Gasteiger partial charge in [0.2, 0.25) is 0 Å². The van der Waals surface area contributed by atoms with Crippen molar-refractivity contribution in [1.29, 1.82) is 0 Å². The van der Waals surface area contributed by atoms with Gasteiger partial charge in [-0.05, 0) is 0 Å². The molecule has 3 rings (SSSR count). The standard InChI is InChI=1S/C15H24N2O16P2S/c18-3-5-12(36)9(21)11(23)14(31-5)32-35(27,28)33-34(25,26)29-4-6-8(20)10(22)13(30-6)17-2-1-7(19)16-15(17)24/h1-2,5-6,8-14,18,20-23,36H,3-4H2,(H,25,26)(H,27,28)(H,16,19,24)/p-1. The number of aromatic amines is 1. The molecule has 0 bridgehead atoms. The van der Waals surface area contributed by atoms with E-state index in [1.807, 2.05) is 4.98 Å². The molecule has 21 heteroatoms. The number of nitrogens with zero attached hydrogens (tertiary/aromatic N) is 1. The molecule has 7 N–H and O–H groups in total. The van der Waals surface area contributed by atoms with Crippen molar-refractivity contribution in [3.63, 3.8) is 0 Å². The predicted molar refractivity (Wildman–Crippen MR) is 113 cm³/mol. The molecule has 3 heterocycles. The minimum absolute atomic E-state index is 0.725. The number of ether oxygens (including phenoxy) is 2. The topological polar surface area (TPSA) is 280 Å². The molecule has 11 unspecified atom stereocenters. The minimum Gasteiger partial charge on any atom is -0.756 e. The van der Waals surface area contributed by atoms with Gasteiger partial charge in [-0.15, -0.1) is 0 Å². The highest BCUT2D eigenvalue weighted by molar-refractivity contribution is 7.81. The molecule has 0 aliphatic carbocycles. The third kappa shape index (κ3) is 6.71. The van der Waals surface area contributed by atoms with Gasteiger partial charge in [0.1, 0.15) is 24.4 Å². The van der Waals surface area contributed by atoms with Crippen molar-refractivity contribution in [2.24, 2.45) is 0 Å². The molecule has 2 aliphatic heterocycles. The van der Waals surface area contributed by atoms with Crippen LogP contribution in [-0.2, 0) is 32.0 Å². The van der Waals surface area contributed by atoms with Gasteiger partial charge in [0.25, 0.3) is 13.4 Å². The van der Waals surface area contributed by atoms with Crippen LogP contribution in [-0.4, -0.2) is 101 Å². The van der Waals surface area contributed by atoms with Gasteiger partial charge in [-0.1, -0.05) is 0 Å². The van der Waals surface area contributed by atoms with Gasteiger partial charge >= 0.3 is 13.5 Å². The average molecular weight is 581 g/mol. The van der Waals surface area contributed by atoms with Gasteiger partial charge in [-0.2, -0.15) is 12.6 Å². The molecular weight excluding hydrogens is 558 g/mol. The Morgan fingerprint density at radius 3 is 2.36 bits per heavy atom. The van der Waals surface area contributed by atoms with Crippen LogP contribution in [0.25, 0.3) is 0 Å². The van der Waals surface area contributed by atoms with E-state index in [4.69, 9.17) is 9.47 Å². The maximum Gasteiger partial charge on any atom is 0.478 e. The summed E-state index contributed by atoms with van der Waals surface area (Å²) in [6.07, 6.45) is -12.8. The van der Waals surface area contributed by atoms with Gasteiger partial charge in [0.15, 0.2) is 12.5 Å². The monoisotopic (exact) mass is 581 g/mol. The van der Waals surface area contributed by atoms with Crippen LogP contribution >= 0.6 is 28.3 Å². The Morgan fingerprint density at radius 1 is 1.08 bits per heavy atom. The van der Waals surface area contributed by atoms with Gasteiger partial charge in [-0.25, -0.2) is 13.7 Å². The summed E-state index contributed by atoms with van der Waals surface area (Å²) in [4.78, 5) is 46.8. The average Bonchev–Trinajstić information content (AvgIpc) is 3.06. The van der Waals surface area contributed by atoms with Crippen molar-refractivity contribution in [2.75, 3.05) is 13.2 Å². The lowest BCUT2D eigenvalue weighted by atomic mass is 10.0. The van der Waals surface area contributed by atoms with E-state index in [2.05, 4.69) is 26.0 Å². The van der Waals surface area contributed by atoms with Gasteiger partial charge < -0.3 is 44.8 Å². The van der Waals surface area contributed by atoms with E-state index in [1.54, 1.807) is 0 Å². The zero-order valence-corrected chi connectivity index (χ0v) is 20.5. The van der Waals surface area contributed by atoms with Crippen LogP contribution in [0.2, 0.25) is 0 Å². The Kier molecular flexibility index (Phi) is 9.36. The van der Waals surface area contributed by atoms with Gasteiger partial charge in [0.05, 0.1) is 30.7 Å². The van der Waals surface area contributed by atoms with E-state index in [0.717, 1.165) is 16.8 Å². The summed E-state index contributed by atoms with van der Waals surface area (Å²) < 4.78 is 48.0. The Bertz CT molecular complexity index is 1130. The highest BCUT2D eigenvalue weighted by Crippen LogP contribution is 2.59. The summed E-state index contributed by atoms with van der Waals surface area (Å²) in [7, 11) is -11.3. The first-order valence-electron chi connectivity index (χ1n) is 9.97. The number of nitrogens with one attached hydrogen (secondary N) is 1. The molecule has 0 aromatic carbocycles. The van der Waals surface area contributed by atoms with E-state index < -0.39 is 94.5 Å². The van der Waals surface area contributed by atoms with E-state index in [9.17, 15) is 54.0 Å². The summed E-state index contributed by atoms with van der Waals surface area (Å²) in [5.74, 6) is 0. The molecule has 36 heavy (non-hydrogen) atoms. The molecule has 2 saturated heterocycles. The fraction of sp³-hybridized carbons (Fsp3) is 0.733. The number of aromatic nitrogens is 2. The molecule has 18 nitrogen and oxygen atoms in total. The maximum atomic E-state index is 12.1. The normalized spacial score (nSPS) is 38.4.